The van der Waals surface area contributed by atoms with Crippen LogP contribution in [-0.4, -0.2) is 51.2 Å². The number of aryl methyl sites for hydroxylation is 2. The molecule has 0 bridgehead atoms. The van der Waals surface area contributed by atoms with E-state index in [2.05, 4.69) is 36.9 Å². The number of hydrogen-bond donors (Lipinski definition) is 0. The number of anilines is 1. The molecule has 1 saturated heterocycles. The van der Waals surface area contributed by atoms with E-state index in [0.717, 1.165) is 30.2 Å². The summed E-state index contributed by atoms with van der Waals surface area (Å²) in [5.74, 6) is 2.55. The van der Waals surface area contributed by atoms with E-state index in [1.807, 2.05) is 29.2 Å². The van der Waals surface area contributed by atoms with Crippen LogP contribution >= 0.6 is 0 Å². The van der Waals surface area contributed by atoms with Crippen LogP contribution in [0.2, 0.25) is 0 Å². The van der Waals surface area contributed by atoms with Gasteiger partial charge in [-0.15, -0.1) is 0 Å². The summed E-state index contributed by atoms with van der Waals surface area (Å²) in [6.07, 6.45) is 0.522. The Morgan fingerprint density at radius 3 is 2.44 bits per heavy atom. The Labute approximate surface area is 189 Å². The molecule has 32 heavy (non-hydrogen) atoms. The third-order valence-corrected chi connectivity index (χ3v) is 6.00. The van der Waals surface area contributed by atoms with Crippen molar-refractivity contribution < 1.29 is 18.7 Å². The van der Waals surface area contributed by atoms with Gasteiger partial charge < -0.3 is 23.7 Å². The van der Waals surface area contributed by atoms with Crippen LogP contribution < -0.4 is 14.4 Å². The normalized spacial score (nSPS) is 13.9. The van der Waals surface area contributed by atoms with Crippen LogP contribution in [0.15, 0.2) is 52.9 Å². The molecule has 6 nitrogen and oxygen atoms in total. The fraction of sp³-hybridized carbons (Fsp3) is 0.346. The van der Waals surface area contributed by atoms with Gasteiger partial charge in [-0.2, -0.15) is 0 Å². The summed E-state index contributed by atoms with van der Waals surface area (Å²) < 4.78 is 16.7. The summed E-state index contributed by atoms with van der Waals surface area (Å²) in [4.78, 5) is 17.2. The minimum atomic E-state index is -0.0607. The second-order valence-corrected chi connectivity index (χ2v) is 8.19. The molecule has 1 fully saturated rings. The third-order valence-electron chi connectivity index (χ3n) is 6.00. The van der Waals surface area contributed by atoms with Crippen LogP contribution in [0.4, 0.5) is 5.69 Å². The number of rotatable bonds is 6. The monoisotopic (exact) mass is 434 g/mol. The highest BCUT2D eigenvalue weighted by molar-refractivity contribution is 5.91. The molecule has 4 rings (SSSR count). The van der Waals surface area contributed by atoms with Crippen LogP contribution in [0.3, 0.4) is 0 Å². The summed E-state index contributed by atoms with van der Waals surface area (Å²) in [7, 11) is 3.27. The second kappa shape index (κ2) is 9.39. The number of amides is 1. The van der Waals surface area contributed by atoms with Crippen molar-refractivity contribution in [3.63, 3.8) is 0 Å². The number of furan rings is 1. The number of methoxy groups -OCH3 is 2. The Morgan fingerprint density at radius 1 is 0.938 bits per heavy atom. The van der Waals surface area contributed by atoms with Crippen molar-refractivity contribution >= 4 is 11.6 Å². The highest BCUT2D eigenvalue weighted by Crippen LogP contribution is 2.27. The van der Waals surface area contributed by atoms with Gasteiger partial charge in [0.15, 0.2) is 5.76 Å². The minimum absolute atomic E-state index is 0.0607. The molecule has 2 aromatic carbocycles. The summed E-state index contributed by atoms with van der Waals surface area (Å²) in [5, 5.41) is 0. The number of ether oxygens (including phenoxy) is 2. The van der Waals surface area contributed by atoms with Gasteiger partial charge in [0.25, 0.3) is 5.91 Å². The van der Waals surface area contributed by atoms with Crippen molar-refractivity contribution in [1.29, 1.82) is 0 Å². The van der Waals surface area contributed by atoms with Crippen LogP contribution in [0.5, 0.6) is 11.5 Å². The smallest absolute Gasteiger partial charge is 0.289 e. The van der Waals surface area contributed by atoms with Gasteiger partial charge in [-0.05, 0) is 61.4 Å². The average molecular weight is 435 g/mol. The zero-order valence-electron chi connectivity index (χ0n) is 19.2. The van der Waals surface area contributed by atoms with Gasteiger partial charge in [0.1, 0.15) is 17.3 Å². The Bertz CT molecular complexity index is 1100. The zero-order chi connectivity index (χ0) is 22.7. The molecule has 0 radical (unpaired) electrons. The largest absolute Gasteiger partial charge is 0.497 e. The van der Waals surface area contributed by atoms with E-state index in [-0.39, 0.29) is 5.91 Å². The molecule has 0 N–H and O–H groups in total. The molecule has 168 valence electrons. The molecule has 0 atom stereocenters. The van der Waals surface area contributed by atoms with Crippen LogP contribution in [0.25, 0.3) is 0 Å². The third kappa shape index (κ3) is 4.59. The number of piperazine rings is 1. The molecule has 0 aliphatic carbocycles. The van der Waals surface area contributed by atoms with Crippen molar-refractivity contribution in [1.82, 2.24) is 4.90 Å². The Hall–Kier alpha value is -3.41. The minimum Gasteiger partial charge on any atom is -0.497 e. The molecule has 2 heterocycles. The van der Waals surface area contributed by atoms with Crippen LogP contribution in [0.1, 0.15) is 33.0 Å². The van der Waals surface area contributed by atoms with E-state index in [9.17, 15) is 4.79 Å². The number of carbonyl (C=O) groups is 1. The molecule has 1 aliphatic heterocycles. The van der Waals surface area contributed by atoms with Gasteiger partial charge in [-0.25, -0.2) is 0 Å². The zero-order valence-corrected chi connectivity index (χ0v) is 19.2. The van der Waals surface area contributed by atoms with E-state index < -0.39 is 0 Å². The molecular formula is C26H30N2O4. The van der Waals surface area contributed by atoms with Gasteiger partial charge in [0, 0.05) is 43.9 Å². The summed E-state index contributed by atoms with van der Waals surface area (Å²) in [6.45, 7) is 7.21. The van der Waals surface area contributed by atoms with Crippen LogP contribution in [-0.2, 0) is 6.42 Å². The lowest BCUT2D eigenvalue weighted by Crippen LogP contribution is -2.49. The molecular weight excluding hydrogens is 404 g/mol. The lowest BCUT2D eigenvalue weighted by atomic mass is 10.1. The molecule has 1 aliphatic rings. The molecule has 0 saturated carbocycles. The predicted molar refractivity (Wildman–Crippen MR) is 125 cm³/mol. The Balaban J connectivity index is 1.41. The average Bonchev–Trinajstić information content (AvgIpc) is 3.28. The SMILES string of the molecule is COc1ccc(OC)c(Cc2ccc(C(=O)N3CCN(c4cc(C)ccc4C)CC3)o2)c1. The van der Waals surface area contributed by atoms with Gasteiger partial charge in [0.2, 0.25) is 0 Å². The molecule has 1 amide bonds. The molecule has 0 unspecified atom stereocenters. The van der Waals surface area contributed by atoms with Gasteiger partial charge >= 0.3 is 0 Å². The fourth-order valence-electron chi connectivity index (χ4n) is 4.16. The van der Waals surface area contributed by atoms with Crippen LogP contribution in [0, 0.1) is 13.8 Å². The van der Waals surface area contributed by atoms with Crippen molar-refractivity contribution in [3.05, 3.63) is 76.7 Å². The maximum absolute atomic E-state index is 13.0. The first kappa shape index (κ1) is 21.8. The highest BCUT2D eigenvalue weighted by Gasteiger charge is 2.25. The molecule has 6 heteroatoms. The topological polar surface area (TPSA) is 55.2 Å². The standard InChI is InChI=1S/C26H30N2O4/c1-18-5-6-19(2)23(15-18)27-11-13-28(14-12-27)26(29)25-10-8-22(32-25)17-20-16-21(30-3)7-9-24(20)31-4/h5-10,15-16H,11-14,17H2,1-4H3. The maximum Gasteiger partial charge on any atom is 0.289 e. The molecule has 3 aromatic rings. The lowest BCUT2D eigenvalue weighted by molar-refractivity contribution is 0.0713. The van der Waals surface area contributed by atoms with Gasteiger partial charge in [0.05, 0.1) is 14.2 Å². The Kier molecular flexibility index (Phi) is 6.40. The first-order chi connectivity index (χ1) is 15.5. The van der Waals surface area contributed by atoms with E-state index in [0.29, 0.717) is 31.0 Å². The number of hydrogen-bond acceptors (Lipinski definition) is 5. The first-order valence-corrected chi connectivity index (χ1v) is 10.9. The lowest BCUT2D eigenvalue weighted by Gasteiger charge is -2.36. The van der Waals surface area contributed by atoms with Gasteiger partial charge in [-0.1, -0.05) is 12.1 Å². The number of benzene rings is 2. The fourth-order valence-corrected chi connectivity index (χ4v) is 4.16. The van der Waals surface area contributed by atoms with Crippen molar-refractivity contribution in [2.45, 2.75) is 20.3 Å². The second-order valence-electron chi connectivity index (χ2n) is 8.19. The van der Waals surface area contributed by atoms with Crippen molar-refractivity contribution in [2.75, 3.05) is 45.3 Å². The van der Waals surface area contributed by atoms with E-state index in [1.54, 1.807) is 20.3 Å². The quantitative estimate of drug-likeness (QED) is 0.573. The predicted octanol–water partition coefficient (Wildman–Crippen LogP) is 4.47. The number of nitrogens with zero attached hydrogens (tertiary/aromatic N) is 2. The molecule has 0 spiro atoms. The van der Waals surface area contributed by atoms with E-state index in [4.69, 9.17) is 13.9 Å². The van der Waals surface area contributed by atoms with Crippen molar-refractivity contribution in [3.8, 4) is 11.5 Å². The van der Waals surface area contributed by atoms with Crippen molar-refractivity contribution in [2.24, 2.45) is 0 Å². The van der Waals surface area contributed by atoms with E-state index >= 15 is 0 Å². The first-order valence-electron chi connectivity index (χ1n) is 10.9. The summed E-state index contributed by atoms with van der Waals surface area (Å²) in [6, 6.07) is 15.8. The Morgan fingerprint density at radius 2 is 1.72 bits per heavy atom. The van der Waals surface area contributed by atoms with E-state index in [1.165, 1.54) is 16.8 Å². The number of carbonyl (C=O) groups excluding carboxylic acids is 1. The summed E-state index contributed by atoms with van der Waals surface area (Å²) in [5.41, 5.74) is 4.71. The maximum atomic E-state index is 13.0. The summed E-state index contributed by atoms with van der Waals surface area (Å²) >= 11 is 0. The molecule has 1 aromatic heterocycles. The van der Waals surface area contributed by atoms with Gasteiger partial charge in [-0.3, -0.25) is 4.79 Å². The highest BCUT2D eigenvalue weighted by atomic mass is 16.5.